The summed E-state index contributed by atoms with van der Waals surface area (Å²) in [6.45, 7) is 6.96. The minimum absolute atomic E-state index is 0.125. The molecule has 1 atom stereocenters. The third kappa shape index (κ3) is 2.55. The first-order valence-corrected chi connectivity index (χ1v) is 5.18. The molecule has 0 aromatic heterocycles. The zero-order valence-corrected chi connectivity index (χ0v) is 9.10. The maximum Gasteiger partial charge on any atom is 0.126 e. The average Bonchev–Trinajstić information content (AvgIpc) is 2.19. The molecule has 0 bridgehead atoms. The monoisotopic (exact) mass is 195 g/mol. The van der Waals surface area contributed by atoms with E-state index >= 15 is 0 Å². The zero-order valence-electron chi connectivity index (χ0n) is 9.10. The van der Waals surface area contributed by atoms with Gasteiger partial charge in [0, 0.05) is 6.04 Å². The molecular weight excluding hydrogens is 177 g/mol. The van der Waals surface area contributed by atoms with Gasteiger partial charge in [-0.25, -0.2) is 4.39 Å². The van der Waals surface area contributed by atoms with E-state index in [4.69, 9.17) is 0 Å². The molecule has 1 unspecified atom stereocenters. The Bertz CT molecular complexity index is 296. The first-order valence-electron chi connectivity index (χ1n) is 5.18. The van der Waals surface area contributed by atoms with E-state index in [9.17, 15) is 4.39 Å². The molecule has 78 valence electrons. The lowest BCUT2D eigenvalue weighted by molar-refractivity contribution is 0.534. The van der Waals surface area contributed by atoms with Crippen LogP contribution in [0.5, 0.6) is 0 Å². The molecule has 0 radical (unpaired) electrons. The van der Waals surface area contributed by atoms with Crippen LogP contribution in [0.2, 0.25) is 0 Å². The second-order valence-electron chi connectivity index (χ2n) is 3.53. The topological polar surface area (TPSA) is 12.0 Å². The largest absolute Gasteiger partial charge is 0.310 e. The number of hydrogen-bond donors (Lipinski definition) is 1. The molecule has 0 spiro atoms. The lowest BCUT2D eigenvalue weighted by atomic mass is 10.0. The highest BCUT2D eigenvalue weighted by atomic mass is 19.1. The minimum atomic E-state index is -0.125. The van der Waals surface area contributed by atoms with Gasteiger partial charge in [-0.3, -0.25) is 0 Å². The van der Waals surface area contributed by atoms with Gasteiger partial charge in [0.05, 0.1) is 0 Å². The normalized spacial score (nSPS) is 12.9. The lowest BCUT2D eigenvalue weighted by Crippen LogP contribution is -2.20. The van der Waals surface area contributed by atoms with E-state index < -0.39 is 0 Å². The number of nitrogens with one attached hydrogen (secondary N) is 1. The summed E-state index contributed by atoms with van der Waals surface area (Å²) in [6, 6.07) is 5.68. The van der Waals surface area contributed by atoms with Crippen LogP contribution >= 0.6 is 0 Å². The first kappa shape index (κ1) is 11.2. The fraction of sp³-hybridized carbons (Fsp3) is 0.500. The zero-order chi connectivity index (χ0) is 10.6. The molecule has 0 fully saturated rings. The molecule has 0 aliphatic rings. The molecule has 1 N–H and O–H groups in total. The van der Waals surface area contributed by atoms with Crippen molar-refractivity contribution in [2.45, 2.75) is 33.2 Å². The van der Waals surface area contributed by atoms with E-state index in [0.29, 0.717) is 6.04 Å². The highest BCUT2D eigenvalue weighted by molar-refractivity contribution is 5.26. The molecule has 2 heteroatoms. The third-order valence-electron chi connectivity index (χ3n) is 2.44. The molecule has 0 saturated heterocycles. The van der Waals surface area contributed by atoms with Crippen molar-refractivity contribution < 1.29 is 4.39 Å². The fourth-order valence-electron chi connectivity index (χ4n) is 1.63. The maximum atomic E-state index is 13.0. The first-order chi connectivity index (χ1) is 6.69. The second kappa shape index (κ2) is 5.11. The predicted octanol–water partition coefficient (Wildman–Crippen LogP) is 3.19. The van der Waals surface area contributed by atoms with Gasteiger partial charge in [0.2, 0.25) is 0 Å². The lowest BCUT2D eigenvalue weighted by Gasteiger charge is -2.16. The van der Waals surface area contributed by atoms with Crippen LogP contribution < -0.4 is 5.32 Å². The van der Waals surface area contributed by atoms with Crippen molar-refractivity contribution in [1.29, 1.82) is 0 Å². The SMILES string of the molecule is CCNC(CC)c1ccc(F)c(C)c1. The van der Waals surface area contributed by atoms with E-state index in [1.165, 1.54) is 5.56 Å². The molecular formula is C12H18FN. The summed E-state index contributed by atoms with van der Waals surface area (Å²) in [5.74, 6) is -0.125. The quantitative estimate of drug-likeness (QED) is 0.778. The highest BCUT2D eigenvalue weighted by Crippen LogP contribution is 2.19. The van der Waals surface area contributed by atoms with E-state index in [-0.39, 0.29) is 5.82 Å². The van der Waals surface area contributed by atoms with Crippen LogP contribution in [0.15, 0.2) is 18.2 Å². The maximum absolute atomic E-state index is 13.0. The standard InChI is InChI=1S/C12H18FN/c1-4-12(14-5-2)10-6-7-11(13)9(3)8-10/h6-8,12,14H,4-5H2,1-3H3. The Morgan fingerprint density at radius 3 is 2.57 bits per heavy atom. The Morgan fingerprint density at radius 2 is 2.07 bits per heavy atom. The average molecular weight is 195 g/mol. The molecule has 1 aromatic rings. The Hall–Kier alpha value is -0.890. The summed E-state index contributed by atoms with van der Waals surface area (Å²) in [5.41, 5.74) is 1.90. The summed E-state index contributed by atoms with van der Waals surface area (Å²) in [5, 5.41) is 3.37. The number of benzene rings is 1. The summed E-state index contributed by atoms with van der Waals surface area (Å²) in [4.78, 5) is 0. The number of rotatable bonds is 4. The van der Waals surface area contributed by atoms with Crippen LogP contribution in [-0.2, 0) is 0 Å². The van der Waals surface area contributed by atoms with Gasteiger partial charge in [-0.1, -0.05) is 26.0 Å². The number of hydrogen-bond acceptors (Lipinski definition) is 1. The van der Waals surface area contributed by atoms with Gasteiger partial charge in [0.15, 0.2) is 0 Å². The molecule has 14 heavy (non-hydrogen) atoms. The Labute approximate surface area is 85.3 Å². The predicted molar refractivity (Wildman–Crippen MR) is 57.8 cm³/mol. The van der Waals surface area contributed by atoms with Gasteiger partial charge in [-0.05, 0) is 37.1 Å². The number of halogens is 1. The van der Waals surface area contributed by atoms with E-state index in [0.717, 1.165) is 18.5 Å². The summed E-state index contributed by atoms with van der Waals surface area (Å²) in [7, 11) is 0. The van der Waals surface area contributed by atoms with Crippen molar-refractivity contribution in [2.24, 2.45) is 0 Å². The van der Waals surface area contributed by atoms with Crippen molar-refractivity contribution in [1.82, 2.24) is 5.32 Å². The van der Waals surface area contributed by atoms with Gasteiger partial charge < -0.3 is 5.32 Å². The summed E-state index contributed by atoms with van der Waals surface area (Å²) in [6.07, 6.45) is 1.03. The second-order valence-corrected chi connectivity index (χ2v) is 3.53. The van der Waals surface area contributed by atoms with Crippen LogP contribution in [0.4, 0.5) is 4.39 Å². The molecule has 0 saturated carbocycles. The van der Waals surface area contributed by atoms with Gasteiger partial charge in [0.25, 0.3) is 0 Å². The van der Waals surface area contributed by atoms with Crippen molar-refractivity contribution in [3.05, 3.63) is 35.1 Å². The Balaban J connectivity index is 2.88. The number of aryl methyl sites for hydroxylation is 1. The van der Waals surface area contributed by atoms with Crippen LogP contribution in [0.3, 0.4) is 0 Å². The van der Waals surface area contributed by atoms with E-state index in [1.807, 2.05) is 12.1 Å². The van der Waals surface area contributed by atoms with Gasteiger partial charge in [0.1, 0.15) is 5.82 Å². The smallest absolute Gasteiger partial charge is 0.126 e. The van der Waals surface area contributed by atoms with Crippen LogP contribution in [0, 0.1) is 12.7 Å². The van der Waals surface area contributed by atoms with Crippen molar-refractivity contribution in [3.63, 3.8) is 0 Å². The molecule has 0 aliphatic carbocycles. The van der Waals surface area contributed by atoms with Crippen molar-refractivity contribution in [2.75, 3.05) is 6.54 Å². The van der Waals surface area contributed by atoms with E-state index in [2.05, 4.69) is 19.2 Å². The summed E-state index contributed by atoms with van der Waals surface area (Å²) >= 11 is 0. The van der Waals surface area contributed by atoms with Gasteiger partial charge >= 0.3 is 0 Å². The molecule has 0 aliphatic heterocycles. The highest BCUT2D eigenvalue weighted by Gasteiger charge is 2.08. The molecule has 1 nitrogen and oxygen atoms in total. The molecule has 0 amide bonds. The molecule has 0 heterocycles. The van der Waals surface area contributed by atoms with Gasteiger partial charge in [-0.2, -0.15) is 0 Å². The van der Waals surface area contributed by atoms with Gasteiger partial charge in [-0.15, -0.1) is 0 Å². The fourth-order valence-corrected chi connectivity index (χ4v) is 1.63. The molecule has 1 aromatic carbocycles. The minimum Gasteiger partial charge on any atom is -0.310 e. The van der Waals surface area contributed by atoms with Crippen LogP contribution in [-0.4, -0.2) is 6.54 Å². The van der Waals surface area contributed by atoms with Crippen LogP contribution in [0.25, 0.3) is 0 Å². The third-order valence-corrected chi connectivity index (χ3v) is 2.44. The summed E-state index contributed by atoms with van der Waals surface area (Å²) < 4.78 is 13.0. The Kier molecular flexibility index (Phi) is 4.08. The van der Waals surface area contributed by atoms with Crippen molar-refractivity contribution >= 4 is 0 Å². The van der Waals surface area contributed by atoms with E-state index in [1.54, 1.807) is 13.0 Å². The Morgan fingerprint density at radius 1 is 1.36 bits per heavy atom. The van der Waals surface area contributed by atoms with Crippen LogP contribution in [0.1, 0.15) is 37.4 Å². The van der Waals surface area contributed by atoms with Crippen molar-refractivity contribution in [3.8, 4) is 0 Å². The molecule has 1 rings (SSSR count).